The molecule has 0 saturated carbocycles. The molecule has 0 aromatic carbocycles. The minimum absolute atomic E-state index is 0.0222. The van der Waals surface area contributed by atoms with Gasteiger partial charge in [-0.2, -0.15) is 10.1 Å². The second-order valence-electron chi connectivity index (χ2n) is 7.02. The molecule has 26 heavy (non-hydrogen) atoms. The standard InChI is InChI=1S/C18H25N5O3/c1-2-23-9-5-15(20-23)18(24)22-8-3-4-14(12-22)17-19-16(21-26-17)13-6-10-25-11-7-13/h5,9,13-14H,2-4,6-8,10-12H2,1H3. The molecule has 8 nitrogen and oxygen atoms in total. The van der Waals surface area contributed by atoms with Gasteiger partial charge in [-0.05, 0) is 38.7 Å². The van der Waals surface area contributed by atoms with Gasteiger partial charge in [0.05, 0.1) is 5.92 Å². The third-order valence-corrected chi connectivity index (χ3v) is 5.29. The lowest BCUT2D eigenvalue weighted by atomic mass is 9.97. The Labute approximate surface area is 152 Å². The van der Waals surface area contributed by atoms with Crippen LogP contribution >= 0.6 is 0 Å². The third kappa shape index (κ3) is 3.51. The van der Waals surface area contributed by atoms with Crippen LogP contribution < -0.4 is 0 Å². The molecule has 4 rings (SSSR count). The molecule has 4 heterocycles. The number of carbonyl (C=O) groups is 1. The van der Waals surface area contributed by atoms with Gasteiger partial charge in [0.25, 0.3) is 5.91 Å². The van der Waals surface area contributed by atoms with E-state index in [9.17, 15) is 4.79 Å². The van der Waals surface area contributed by atoms with E-state index in [0.29, 0.717) is 24.0 Å². The fraction of sp³-hybridized carbons (Fsp3) is 0.667. The second-order valence-corrected chi connectivity index (χ2v) is 7.02. The Balaban J connectivity index is 1.43. The summed E-state index contributed by atoms with van der Waals surface area (Å²) in [5.41, 5.74) is 0.501. The zero-order valence-corrected chi connectivity index (χ0v) is 15.1. The first-order valence-electron chi connectivity index (χ1n) is 9.48. The molecule has 0 aliphatic carbocycles. The minimum Gasteiger partial charge on any atom is -0.381 e. The first-order chi connectivity index (χ1) is 12.7. The van der Waals surface area contributed by atoms with Crippen LogP contribution in [-0.4, -0.2) is 57.0 Å². The van der Waals surface area contributed by atoms with Gasteiger partial charge < -0.3 is 14.2 Å². The van der Waals surface area contributed by atoms with Crippen molar-refractivity contribution in [2.24, 2.45) is 0 Å². The summed E-state index contributed by atoms with van der Waals surface area (Å²) in [4.78, 5) is 19.2. The lowest BCUT2D eigenvalue weighted by molar-refractivity contribution is 0.0688. The van der Waals surface area contributed by atoms with Gasteiger partial charge in [-0.3, -0.25) is 9.48 Å². The second kappa shape index (κ2) is 7.57. The smallest absolute Gasteiger partial charge is 0.274 e. The molecule has 140 valence electrons. The molecule has 0 bridgehead atoms. The van der Waals surface area contributed by atoms with Crippen molar-refractivity contribution >= 4 is 5.91 Å². The van der Waals surface area contributed by atoms with Crippen molar-refractivity contribution in [3.05, 3.63) is 29.7 Å². The lowest BCUT2D eigenvalue weighted by Gasteiger charge is -2.30. The largest absolute Gasteiger partial charge is 0.381 e. The predicted molar refractivity (Wildman–Crippen MR) is 92.9 cm³/mol. The zero-order valence-electron chi connectivity index (χ0n) is 15.1. The van der Waals surface area contributed by atoms with Crippen LogP contribution in [0.3, 0.4) is 0 Å². The normalized spacial score (nSPS) is 21.9. The van der Waals surface area contributed by atoms with Crippen LogP contribution in [0.1, 0.15) is 66.6 Å². The number of nitrogens with zero attached hydrogens (tertiary/aromatic N) is 5. The van der Waals surface area contributed by atoms with E-state index < -0.39 is 0 Å². The quantitative estimate of drug-likeness (QED) is 0.832. The van der Waals surface area contributed by atoms with Gasteiger partial charge in [0, 0.05) is 45.0 Å². The van der Waals surface area contributed by atoms with E-state index in [1.54, 1.807) is 10.7 Å². The van der Waals surface area contributed by atoms with E-state index in [2.05, 4.69) is 15.2 Å². The van der Waals surface area contributed by atoms with Gasteiger partial charge in [-0.15, -0.1) is 0 Å². The molecule has 0 N–H and O–H groups in total. The Kier molecular flexibility index (Phi) is 5.01. The van der Waals surface area contributed by atoms with Crippen LogP contribution in [0.2, 0.25) is 0 Å². The van der Waals surface area contributed by atoms with E-state index >= 15 is 0 Å². The maximum Gasteiger partial charge on any atom is 0.274 e. The monoisotopic (exact) mass is 359 g/mol. The van der Waals surface area contributed by atoms with E-state index in [4.69, 9.17) is 9.26 Å². The number of aryl methyl sites for hydroxylation is 1. The SMILES string of the molecule is CCn1ccc(C(=O)N2CCCC(c3nc(C4CCOCC4)no3)C2)n1. The average Bonchev–Trinajstić information content (AvgIpc) is 3.38. The van der Waals surface area contributed by atoms with Crippen LogP contribution in [0, 0.1) is 0 Å². The summed E-state index contributed by atoms with van der Waals surface area (Å²) in [5.74, 6) is 1.84. The molecule has 0 spiro atoms. The summed E-state index contributed by atoms with van der Waals surface area (Å²) < 4.78 is 12.7. The third-order valence-electron chi connectivity index (χ3n) is 5.29. The van der Waals surface area contributed by atoms with Crippen molar-refractivity contribution in [2.45, 2.75) is 51.0 Å². The maximum atomic E-state index is 12.7. The van der Waals surface area contributed by atoms with Crippen LogP contribution in [0.15, 0.2) is 16.8 Å². The average molecular weight is 359 g/mol. The maximum absolute atomic E-state index is 12.7. The highest BCUT2D eigenvalue weighted by Crippen LogP contribution is 2.30. The molecule has 2 aromatic rings. The number of hydrogen-bond donors (Lipinski definition) is 0. The van der Waals surface area contributed by atoms with Gasteiger partial charge in [0.2, 0.25) is 5.89 Å². The van der Waals surface area contributed by atoms with Gasteiger partial charge in [0.1, 0.15) is 5.69 Å². The van der Waals surface area contributed by atoms with E-state index in [1.165, 1.54) is 0 Å². The summed E-state index contributed by atoms with van der Waals surface area (Å²) in [5, 5.41) is 8.53. The molecule has 2 aromatic heterocycles. The van der Waals surface area contributed by atoms with E-state index in [-0.39, 0.29) is 11.8 Å². The highest BCUT2D eigenvalue weighted by atomic mass is 16.5. The fourth-order valence-corrected chi connectivity index (χ4v) is 3.71. The Morgan fingerprint density at radius 1 is 1.27 bits per heavy atom. The molecular weight excluding hydrogens is 334 g/mol. The molecule has 0 radical (unpaired) electrons. The van der Waals surface area contributed by atoms with Crippen LogP contribution in [0.5, 0.6) is 0 Å². The highest BCUT2D eigenvalue weighted by molar-refractivity contribution is 5.92. The first-order valence-corrected chi connectivity index (χ1v) is 9.48. The summed E-state index contributed by atoms with van der Waals surface area (Å²) in [6, 6.07) is 1.78. The van der Waals surface area contributed by atoms with Crippen molar-refractivity contribution < 1.29 is 14.1 Å². The molecule has 2 saturated heterocycles. The van der Waals surface area contributed by atoms with Crippen molar-refractivity contribution in [3.63, 3.8) is 0 Å². The topological polar surface area (TPSA) is 86.3 Å². The van der Waals surface area contributed by atoms with Crippen molar-refractivity contribution in [2.75, 3.05) is 26.3 Å². The van der Waals surface area contributed by atoms with Crippen LogP contribution in [0.4, 0.5) is 0 Å². The summed E-state index contributed by atoms with van der Waals surface area (Å²) in [6.07, 6.45) is 5.61. The summed E-state index contributed by atoms with van der Waals surface area (Å²) in [7, 11) is 0. The summed E-state index contributed by atoms with van der Waals surface area (Å²) >= 11 is 0. The molecule has 2 aliphatic heterocycles. The fourth-order valence-electron chi connectivity index (χ4n) is 3.71. The van der Waals surface area contributed by atoms with Crippen LogP contribution in [-0.2, 0) is 11.3 Å². The molecular formula is C18H25N5O3. The Bertz CT molecular complexity index is 750. The van der Waals surface area contributed by atoms with Gasteiger partial charge in [-0.1, -0.05) is 5.16 Å². The predicted octanol–water partition coefficient (Wildman–Crippen LogP) is 2.20. The minimum atomic E-state index is -0.0222. The van der Waals surface area contributed by atoms with Gasteiger partial charge in [0.15, 0.2) is 5.82 Å². The lowest BCUT2D eigenvalue weighted by Crippen LogP contribution is -2.39. The number of rotatable bonds is 4. The molecule has 2 fully saturated rings. The van der Waals surface area contributed by atoms with E-state index in [1.807, 2.05) is 18.0 Å². The number of piperidine rings is 1. The number of hydrogen-bond acceptors (Lipinski definition) is 6. The zero-order chi connectivity index (χ0) is 17.9. The van der Waals surface area contributed by atoms with Gasteiger partial charge >= 0.3 is 0 Å². The molecule has 2 aliphatic rings. The highest BCUT2D eigenvalue weighted by Gasteiger charge is 2.31. The van der Waals surface area contributed by atoms with Gasteiger partial charge in [-0.25, -0.2) is 0 Å². The molecule has 8 heteroatoms. The number of ether oxygens (including phenoxy) is 1. The molecule has 1 atom stereocenters. The van der Waals surface area contributed by atoms with E-state index in [0.717, 1.165) is 57.8 Å². The Morgan fingerprint density at radius 2 is 2.12 bits per heavy atom. The first kappa shape index (κ1) is 17.2. The Hall–Kier alpha value is -2.22. The number of likely N-dealkylation sites (tertiary alicyclic amines) is 1. The molecule has 1 amide bonds. The van der Waals surface area contributed by atoms with Crippen LogP contribution in [0.25, 0.3) is 0 Å². The number of amides is 1. The molecule has 1 unspecified atom stereocenters. The van der Waals surface area contributed by atoms with Crippen molar-refractivity contribution in [1.82, 2.24) is 24.8 Å². The Morgan fingerprint density at radius 3 is 2.88 bits per heavy atom. The van der Waals surface area contributed by atoms with Crippen molar-refractivity contribution in [1.29, 1.82) is 0 Å². The van der Waals surface area contributed by atoms with Crippen molar-refractivity contribution in [3.8, 4) is 0 Å². The summed E-state index contributed by atoms with van der Waals surface area (Å²) in [6.45, 7) is 5.62. The number of carbonyl (C=O) groups excluding carboxylic acids is 1. The number of aromatic nitrogens is 4.